The number of allylic oxidation sites excluding steroid dienone is 1. The van der Waals surface area contributed by atoms with Gasteiger partial charge >= 0.3 is 0 Å². The summed E-state index contributed by atoms with van der Waals surface area (Å²) in [4.78, 5) is 2.57. The van der Waals surface area contributed by atoms with Crippen LogP contribution in [0, 0.1) is 6.92 Å². The minimum atomic E-state index is 0.865. The number of hydrogen-bond donors (Lipinski definition) is 0. The molecular formula is C30H28O2S. The van der Waals surface area contributed by atoms with Gasteiger partial charge in [-0.1, -0.05) is 54.6 Å². The summed E-state index contributed by atoms with van der Waals surface area (Å²) in [7, 11) is 3.38. The summed E-state index contributed by atoms with van der Waals surface area (Å²) in [6, 6.07) is 29.5. The lowest BCUT2D eigenvalue weighted by atomic mass is 9.99. The Kier molecular flexibility index (Phi) is 7.11. The van der Waals surface area contributed by atoms with Crippen LogP contribution in [0.5, 0.6) is 11.5 Å². The Labute approximate surface area is 200 Å². The molecule has 0 atom stereocenters. The average molecular weight is 453 g/mol. The molecule has 0 spiro atoms. The van der Waals surface area contributed by atoms with Crippen molar-refractivity contribution in [1.29, 1.82) is 0 Å². The highest BCUT2D eigenvalue weighted by molar-refractivity contribution is 7.13. The van der Waals surface area contributed by atoms with E-state index >= 15 is 0 Å². The van der Waals surface area contributed by atoms with Gasteiger partial charge in [0.05, 0.1) is 14.2 Å². The van der Waals surface area contributed by atoms with Crippen LogP contribution >= 0.6 is 11.3 Å². The Balaban J connectivity index is 1.62. The minimum absolute atomic E-state index is 0.865. The van der Waals surface area contributed by atoms with Crippen molar-refractivity contribution in [2.75, 3.05) is 14.2 Å². The van der Waals surface area contributed by atoms with Crippen molar-refractivity contribution in [2.45, 2.75) is 13.8 Å². The molecule has 0 saturated heterocycles. The summed E-state index contributed by atoms with van der Waals surface area (Å²) < 4.78 is 10.6. The Morgan fingerprint density at radius 2 is 1.15 bits per heavy atom. The monoisotopic (exact) mass is 452 g/mol. The topological polar surface area (TPSA) is 18.5 Å². The minimum Gasteiger partial charge on any atom is -0.497 e. The summed E-state index contributed by atoms with van der Waals surface area (Å²) in [5, 5.41) is 0. The van der Waals surface area contributed by atoms with Gasteiger partial charge in [0.15, 0.2) is 0 Å². The van der Waals surface area contributed by atoms with E-state index in [1.807, 2.05) is 35.6 Å². The van der Waals surface area contributed by atoms with Gasteiger partial charge in [-0.05, 0) is 89.7 Å². The second-order valence-electron chi connectivity index (χ2n) is 7.92. The maximum atomic E-state index is 5.34. The number of benzene rings is 3. The van der Waals surface area contributed by atoms with Crippen molar-refractivity contribution >= 4 is 34.6 Å². The molecule has 0 unspecified atom stereocenters. The molecular weight excluding hydrogens is 424 g/mol. The molecule has 0 amide bonds. The fourth-order valence-electron chi connectivity index (χ4n) is 3.69. The van der Waals surface area contributed by atoms with Gasteiger partial charge < -0.3 is 9.47 Å². The first-order chi connectivity index (χ1) is 16.1. The van der Waals surface area contributed by atoms with E-state index in [4.69, 9.17) is 9.47 Å². The van der Waals surface area contributed by atoms with Crippen molar-refractivity contribution in [1.82, 2.24) is 0 Å². The first kappa shape index (κ1) is 22.6. The first-order valence-electron chi connectivity index (χ1n) is 10.9. The molecule has 0 fully saturated rings. The Hall–Kier alpha value is -3.56. The first-order valence-corrected chi connectivity index (χ1v) is 11.7. The van der Waals surface area contributed by atoms with Crippen LogP contribution in [0.2, 0.25) is 0 Å². The van der Waals surface area contributed by atoms with Gasteiger partial charge in [-0.25, -0.2) is 0 Å². The molecule has 0 bridgehead atoms. The third kappa shape index (κ3) is 5.63. The molecule has 166 valence electrons. The lowest BCUT2D eigenvalue weighted by Crippen LogP contribution is -1.88. The smallest absolute Gasteiger partial charge is 0.118 e. The van der Waals surface area contributed by atoms with Crippen LogP contribution in [0.25, 0.3) is 23.3 Å². The summed E-state index contributed by atoms with van der Waals surface area (Å²) in [6.45, 7) is 4.28. The van der Waals surface area contributed by atoms with E-state index in [9.17, 15) is 0 Å². The molecule has 0 N–H and O–H groups in total. The predicted molar refractivity (Wildman–Crippen MR) is 142 cm³/mol. The zero-order valence-electron chi connectivity index (χ0n) is 19.5. The van der Waals surface area contributed by atoms with Gasteiger partial charge in [-0.2, -0.15) is 0 Å². The van der Waals surface area contributed by atoms with Gasteiger partial charge in [0.1, 0.15) is 11.5 Å². The maximum Gasteiger partial charge on any atom is 0.118 e. The molecule has 0 aliphatic carbocycles. The van der Waals surface area contributed by atoms with Crippen LogP contribution in [0.1, 0.15) is 38.9 Å². The number of thiophene rings is 1. The number of aryl methyl sites for hydroxylation is 1. The molecule has 1 aromatic heterocycles. The number of ether oxygens (including phenoxy) is 2. The van der Waals surface area contributed by atoms with E-state index in [1.54, 1.807) is 14.2 Å². The third-order valence-electron chi connectivity index (χ3n) is 5.58. The van der Waals surface area contributed by atoms with Gasteiger partial charge in [0.2, 0.25) is 0 Å². The molecule has 33 heavy (non-hydrogen) atoms. The van der Waals surface area contributed by atoms with E-state index in [1.165, 1.54) is 43.2 Å². The summed E-state index contributed by atoms with van der Waals surface area (Å²) >= 11 is 1.81. The van der Waals surface area contributed by atoms with Crippen LogP contribution in [-0.2, 0) is 0 Å². The zero-order valence-corrected chi connectivity index (χ0v) is 20.3. The maximum absolute atomic E-state index is 5.34. The highest BCUT2D eigenvalue weighted by Crippen LogP contribution is 2.32. The number of rotatable bonds is 7. The Bertz CT molecular complexity index is 1260. The van der Waals surface area contributed by atoms with Crippen molar-refractivity contribution in [3.63, 3.8) is 0 Å². The lowest BCUT2D eigenvalue weighted by Gasteiger charge is -2.08. The molecule has 4 rings (SSSR count). The van der Waals surface area contributed by atoms with E-state index in [0.717, 1.165) is 11.5 Å². The normalized spacial score (nSPS) is 12.0. The Morgan fingerprint density at radius 3 is 1.64 bits per heavy atom. The largest absolute Gasteiger partial charge is 0.497 e. The second kappa shape index (κ2) is 10.4. The van der Waals surface area contributed by atoms with Crippen LogP contribution in [0.15, 0.2) is 84.9 Å². The van der Waals surface area contributed by atoms with Crippen LogP contribution in [-0.4, -0.2) is 14.2 Å². The molecule has 3 heteroatoms. The SMILES string of the molecule is COc1ccc(/C(C)=C\c2ccc(/C=C(\c3ccc(OC)cc3)c3ccc(C)s3)cc2)cc1. The third-order valence-corrected chi connectivity index (χ3v) is 6.62. The van der Waals surface area contributed by atoms with Crippen molar-refractivity contribution in [3.05, 3.63) is 117 Å². The lowest BCUT2D eigenvalue weighted by molar-refractivity contribution is 0.414. The van der Waals surface area contributed by atoms with Crippen molar-refractivity contribution in [2.24, 2.45) is 0 Å². The Morgan fingerprint density at radius 1 is 0.636 bits per heavy atom. The standard InChI is InChI=1S/C30H28O2S/c1-21(25-10-14-27(31-3)15-11-25)19-23-6-8-24(9-7-23)20-29(30-18-5-22(2)33-30)26-12-16-28(32-4)17-13-26/h5-20H,1-4H3/b21-19-,29-20+. The quantitative estimate of drug-likeness (QED) is 0.263. The fraction of sp³-hybridized carbons (Fsp3) is 0.133. The highest BCUT2D eigenvalue weighted by Gasteiger charge is 2.08. The molecule has 0 saturated carbocycles. The number of hydrogen-bond acceptors (Lipinski definition) is 3. The summed E-state index contributed by atoms with van der Waals surface area (Å²) in [5.74, 6) is 1.74. The van der Waals surface area contributed by atoms with Gasteiger partial charge in [-0.3, -0.25) is 0 Å². The van der Waals surface area contributed by atoms with Crippen LogP contribution in [0.4, 0.5) is 0 Å². The summed E-state index contributed by atoms with van der Waals surface area (Å²) in [5.41, 5.74) is 7.15. The molecule has 0 aliphatic rings. The molecule has 0 aliphatic heterocycles. The van der Waals surface area contributed by atoms with Crippen LogP contribution < -0.4 is 9.47 Å². The fourth-order valence-corrected chi connectivity index (χ4v) is 4.59. The summed E-state index contributed by atoms with van der Waals surface area (Å²) in [6.07, 6.45) is 4.47. The van der Waals surface area contributed by atoms with Crippen LogP contribution in [0.3, 0.4) is 0 Å². The van der Waals surface area contributed by atoms with E-state index in [0.29, 0.717) is 0 Å². The zero-order chi connectivity index (χ0) is 23.2. The van der Waals surface area contributed by atoms with Gasteiger partial charge in [-0.15, -0.1) is 11.3 Å². The van der Waals surface area contributed by atoms with Gasteiger partial charge in [0, 0.05) is 9.75 Å². The molecule has 0 radical (unpaired) electrons. The second-order valence-corrected chi connectivity index (χ2v) is 9.21. The van der Waals surface area contributed by atoms with Gasteiger partial charge in [0.25, 0.3) is 0 Å². The van der Waals surface area contributed by atoms with E-state index in [2.05, 4.69) is 86.7 Å². The van der Waals surface area contributed by atoms with E-state index in [-0.39, 0.29) is 0 Å². The van der Waals surface area contributed by atoms with Crippen molar-refractivity contribution < 1.29 is 9.47 Å². The molecule has 2 nitrogen and oxygen atoms in total. The molecule has 1 heterocycles. The highest BCUT2D eigenvalue weighted by atomic mass is 32.1. The number of methoxy groups -OCH3 is 2. The van der Waals surface area contributed by atoms with Crippen molar-refractivity contribution in [3.8, 4) is 11.5 Å². The predicted octanol–water partition coefficient (Wildman–Crippen LogP) is 8.22. The molecule has 3 aromatic carbocycles. The van der Waals surface area contributed by atoms with E-state index < -0.39 is 0 Å². The average Bonchev–Trinajstić information content (AvgIpc) is 3.29. The molecule has 4 aromatic rings.